The molecule has 2 aromatic carbocycles. The second-order valence-corrected chi connectivity index (χ2v) is 7.77. The largest absolute Gasteiger partial charge is 0.494 e. The maximum absolute atomic E-state index is 5.75. The predicted molar refractivity (Wildman–Crippen MR) is 119 cm³/mol. The molecule has 0 amide bonds. The summed E-state index contributed by atoms with van der Waals surface area (Å²) in [7, 11) is 1.74. The van der Waals surface area contributed by atoms with Gasteiger partial charge < -0.3 is 4.74 Å². The van der Waals surface area contributed by atoms with Crippen molar-refractivity contribution in [3.8, 4) is 5.75 Å². The summed E-state index contributed by atoms with van der Waals surface area (Å²) in [6, 6.07) is 12.3. The summed E-state index contributed by atoms with van der Waals surface area (Å²) >= 11 is 0. The van der Waals surface area contributed by atoms with Crippen LogP contribution in [0.1, 0.15) is 76.7 Å². The van der Waals surface area contributed by atoms with E-state index < -0.39 is 0 Å². The number of aromatic nitrogens is 2. The van der Waals surface area contributed by atoms with Gasteiger partial charge in [0.15, 0.2) is 0 Å². The van der Waals surface area contributed by atoms with Crippen LogP contribution in [0.15, 0.2) is 36.4 Å². The number of rotatable bonds is 12. The van der Waals surface area contributed by atoms with Gasteiger partial charge in [0.2, 0.25) is 0 Å². The highest BCUT2D eigenvalue weighted by Gasteiger charge is 2.11. The minimum Gasteiger partial charge on any atom is -0.494 e. The first-order chi connectivity index (χ1) is 13.8. The summed E-state index contributed by atoms with van der Waals surface area (Å²) in [6.45, 7) is 2.28. The highest BCUT2D eigenvalue weighted by atomic mass is 16.5. The molecule has 0 bridgehead atoms. The lowest BCUT2D eigenvalue weighted by Crippen LogP contribution is -1.97. The Balaban J connectivity index is 1.53. The maximum atomic E-state index is 5.75. The standard InChI is InChI=1S/C25H34N2O/c1-3-4-5-6-7-8-9-10-11-12-15-20-18-19-23-24(25(20)28-2)27-22-17-14-13-16-21(22)26-23/h13-14,16-19H,3-12,15H2,1-2H3. The number of aryl methyl sites for hydroxylation is 1. The van der Waals surface area contributed by atoms with Crippen molar-refractivity contribution in [2.24, 2.45) is 0 Å². The Morgan fingerprint density at radius 2 is 1.29 bits per heavy atom. The first-order valence-electron chi connectivity index (χ1n) is 11.1. The lowest BCUT2D eigenvalue weighted by molar-refractivity contribution is 0.413. The molecule has 0 radical (unpaired) electrons. The van der Waals surface area contributed by atoms with E-state index in [0.29, 0.717) is 0 Å². The zero-order valence-corrected chi connectivity index (χ0v) is 17.5. The molecule has 0 aliphatic heterocycles. The van der Waals surface area contributed by atoms with Crippen LogP contribution in [0.3, 0.4) is 0 Å². The molecule has 0 saturated heterocycles. The summed E-state index contributed by atoms with van der Waals surface area (Å²) in [6.07, 6.45) is 14.6. The quantitative estimate of drug-likeness (QED) is 0.246. The lowest BCUT2D eigenvalue weighted by atomic mass is 10.0. The van der Waals surface area contributed by atoms with Crippen molar-refractivity contribution in [1.82, 2.24) is 9.97 Å². The van der Waals surface area contributed by atoms with E-state index in [4.69, 9.17) is 14.7 Å². The molecule has 0 spiro atoms. The zero-order chi connectivity index (χ0) is 19.6. The molecule has 0 fully saturated rings. The van der Waals surface area contributed by atoms with Crippen molar-refractivity contribution in [2.75, 3.05) is 7.11 Å². The molecule has 3 rings (SSSR count). The van der Waals surface area contributed by atoms with Gasteiger partial charge in [-0.1, -0.05) is 82.9 Å². The van der Waals surface area contributed by atoms with E-state index in [2.05, 4.69) is 19.1 Å². The van der Waals surface area contributed by atoms with E-state index >= 15 is 0 Å². The molecule has 0 N–H and O–H groups in total. The predicted octanol–water partition coefficient (Wildman–Crippen LogP) is 7.26. The molecule has 0 aliphatic carbocycles. The molecular weight excluding hydrogens is 344 g/mol. The van der Waals surface area contributed by atoms with Gasteiger partial charge in [0.25, 0.3) is 0 Å². The third kappa shape index (κ3) is 5.43. The van der Waals surface area contributed by atoms with Gasteiger partial charge >= 0.3 is 0 Å². The van der Waals surface area contributed by atoms with Crippen molar-refractivity contribution in [3.63, 3.8) is 0 Å². The van der Waals surface area contributed by atoms with Gasteiger partial charge in [0.05, 0.1) is 23.7 Å². The highest BCUT2D eigenvalue weighted by Crippen LogP contribution is 2.30. The fourth-order valence-electron chi connectivity index (χ4n) is 3.93. The molecule has 0 aliphatic rings. The van der Waals surface area contributed by atoms with Crippen LogP contribution in [0, 0.1) is 0 Å². The fraction of sp³-hybridized carbons (Fsp3) is 0.520. The number of hydrogen-bond donors (Lipinski definition) is 0. The average Bonchev–Trinajstić information content (AvgIpc) is 2.73. The summed E-state index contributed by atoms with van der Waals surface area (Å²) in [5, 5.41) is 0. The molecule has 3 aromatic rings. The second kappa shape index (κ2) is 11.0. The zero-order valence-electron chi connectivity index (χ0n) is 17.5. The van der Waals surface area contributed by atoms with Gasteiger partial charge in [0.1, 0.15) is 11.3 Å². The van der Waals surface area contributed by atoms with Crippen LogP contribution in [0.2, 0.25) is 0 Å². The van der Waals surface area contributed by atoms with Crippen molar-refractivity contribution < 1.29 is 4.74 Å². The van der Waals surface area contributed by atoms with Crippen LogP contribution >= 0.6 is 0 Å². The Morgan fingerprint density at radius 1 is 0.679 bits per heavy atom. The minimum atomic E-state index is 0.880. The Kier molecular flexibility index (Phi) is 8.07. The Morgan fingerprint density at radius 3 is 1.93 bits per heavy atom. The number of fused-ring (bicyclic) bond motifs is 2. The first-order valence-corrected chi connectivity index (χ1v) is 11.1. The molecular formula is C25H34N2O. The van der Waals surface area contributed by atoms with Gasteiger partial charge in [-0.2, -0.15) is 0 Å². The molecule has 150 valence electrons. The van der Waals surface area contributed by atoms with Gasteiger partial charge in [0, 0.05) is 0 Å². The van der Waals surface area contributed by atoms with Crippen molar-refractivity contribution in [2.45, 2.75) is 77.6 Å². The monoisotopic (exact) mass is 378 g/mol. The summed E-state index contributed by atoms with van der Waals surface area (Å²) in [4.78, 5) is 9.56. The van der Waals surface area contributed by atoms with Crippen LogP contribution in [0.25, 0.3) is 22.1 Å². The Bertz CT molecular complexity index is 875. The number of nitrogens with zero attached hydrogens (tertiary/aromatic N) is 2. The van der Waals surface area contributed by atoms with Crippen LogP contribution in [0.4, 0.5) is 0 Å². The number of hydrogen-bond acceptors (Lipinski definition) is 3. The smallest absolute Gasteiger partial charge is 0.149 e. The molecule has 1 aromatic heterocycles. The number of methoxy groups -OCH3 is 1. The molecule has 3 nitrogen and oxygen atoms in total. The van der Waals surface area contributed by atoms with Gasteiger partial charge in [-0.15, -0.1) is 0 Å². The van der Waals surface area contributed by atoms with Crippen LogP contribution in [0.5, 0.6) is 5.75 Å². The summed E-state index contributed by atoms with van der Waals surface area (Å²) < 4.78 is 5.75. The van der Waals surface area contributed by atoms with E-state index in [1.165, 1.54) is 69.8 Å². The normalized spacial score (nSPS) is 11.4. The van der Waals surface area contributed by atoms with Crippen LogP contribution in [-0.4, -0.2) is 17.1 Å². The molecule has 3 heteroatoms. The highest BCUT2D eigenvalue weighted by molar-refractivity contribution is 5.90. The van der Waals surface area contributed by atoms with Crippen LogP contribution in [-0.2, 0) is 6.42 Å². The second-order valence-electron chi connectivity index (χ2n) is 7.77. The van der Waals surface area contributed by atoms with Gasteiger partial charge in [-0.05, 0) is 36.6 Å². The number of para-hydroxylation sites is 2. The number of benzene rings is 2. The first kappa shape index (κ1) is 20.6. The average molecular weight is 379 g/mol. The van der Waals surface area contributed by atoms with Gasteiger partial charge in [-0.25, -0.2) is 9.97 Å². The number of ether oxygens (including phenoxy) is 1. The third-order valence-electron chi connectivity index (χ3n) is 5.55. The SMILES string of the molecule is CCCCCCCCCCCCc1ccc2nc3ccccc3nc2c1OC. The summed E-state index contributed by atoms with van der Waals surface area (Å²) in [5.74, 6) is 0.895. The Labute approximate surface area is 169 Å². The maximum Gasteiger partial charge on any atom is 0.149 e. The molecule has 28 heavy (non-hydrogen) atoms. The summed E-state index contributed by atoms with van der Waals surface area (Å²) in [5.41, 5.74) is 4.89. The van der Waals surface area contributed by atoms with E-state index in [1.807, 2.05) is 24.3 Å². The van der Waals surface area contributed by atoms with E-state index in [9.17, 15) is 0 Å². The van der Waals surface area contributed by atoms with E-state index in [-0.39, 0.29) is 0 Å². The van der Waals surface area contributed by atoms with E-state index in [0.717, 1.165) is 34.2 Å². The number of unbranched alkanes of at least 4 members (excludes halogenated alkanes) is 9. The minimum absolute atomic E-state index is 0.880. The van der Waals surface area contributed by atoms with E-state index in [1.54, 1.807) is 7.11 Å². The van der Waals surface area contributed by atoms with Crippen molar-refractivity contribution >= 4 is 22.1 Å². The lowest BCUT2D eigenvalue weighted by Gasteiger charge is -2.11. The third-order valence-corrected chi connectivity index (χ3v) is 5.55. The van der Waals surface area contributed by atoms with Gasteiger partial charge in [-0.3, -0.25) is 0 Å². The van der Waals surface area contributed by atoms with Crippen molar-refractivity contribution in [3.05, 3.63) is 42.0 Å². The van der Waals surface area contributed by atoms with Crippen LogP contribution < -0.4 is 4.74 Å². The molecule has 0 atom stereocenters. The molecule has 1 heterocycles. The fourth-order valence-corrected chi connectivity index (χ4v) is 3.93. The molecule has 0 unspecified atom stereocenters. The molecule has 0 saturated carbocycles. The topological polar surface area (TPSA) is 35.0 Å². The van der Waals surface area contributed by atoms with Crippen molar-refractivity contribution in [1.29, 1.82) is 0 Å². The Hall–Kier alpha value is -2.16.